The molecule has 4 heteroatoms. The Morgan fingerprint density at radius 3 is 3.08 bits per heavy atom. The van der Waals surface area contributed by atoms with E-state index in [2.05, 4.69) is 15.5 Å². The van der Waals surface area contributed by atoms with Crippen molar-refractivity contribution in [2.24, 2.45) is 0 Å². The van der Waals surface area contributed by atoms with Crippen molar-refractivity contribution in [2.75, 3.05) is 6.54 Å². The van der Waals surface area contributed by atoms with Gasteiger partial charge in [-0.2, -0.15) is 4.98 Å². The third kappa shape index (κ3) is 2.06. The van der Waals surface area contributed by atoms with Crippen molar-refractivity contribution in [2.45, 2.75) is 38.6 Å². The van der Waals surface area contributed by atoms with Crippen LogP contribution in [0.1, 0.15) is 43.4 Å². The summed E-state index contributed by atoms with van der Waals surface area (Å²) in [5.74, 6) is 1.47. The predicted molar refractivity (Wildman–Crippen MR) is 48.2 cm³/mol. The molecule has 4 nitrogen and oxygen atoms in total. The molecule has 0 radical (unpaired) electrons. The summed E-state index contributed by atoms with van der Waals surface area (Å²) in [5.41, 5.74) is 0. The van der Waals surface area contributed by atoms with Crippen LogP contribution in [0.3, 0.4) is 0 Å². The van der Waals surface area contributed by atoms with Gasteiger partial charge >= 0.3 is 0 Å². The van der Waals surface area contributed by atoms with Gasteiger partial charge in [0.05, 0.1) is 6.04 Å². The molecule has 13 heavy (non-hydrogen) atoms. The molecule has 72 valence electrons. The summed E-state index contributed by atoms with van der Waals surface area (Å²) in [6.45, 7) is 2.91. The largest absolute Gasteiger partial charge is 0.338 e. The van der Waals surface area contributed by atoms with Crippen molar-refractivity contribution in [1.82, 2.24) is 15.5 Å². The first kappa shape index (κ1) is 8.69. The third-order valence-corrected chi connectivity index (χ3v) is 2.40. The van der Waals surface area contributed by atoms with Crippen molar-refractivity contribution in [3.8, 4) is 0 Å². The van der Waals surface area contributed by atoms with Crippen molar-refractivity contribution >= 4 is 0 Å². The Labute approximate surface area is 77.7 Å². The quantitative estimate of drug-likeness (QED) is 0.714. The van der Waals surface area contributed by atoms with Gasteiger partial charge < -0.3 is 9.84 Å². The average molecular weight is 181 g/mol. The summed E-state index contributed by atoms with van der Waals surface area (Å²) >= 11 is 0. The molecule has 1 aromatic rings. The molecule has 1 aliphatic rings. The van der Waals surface area contributed by atoms with E-state index in [1.54, 1.807) is 0 Å². The van der Waals surface area contributed by atoms with E-state index in [0.717, 1.165) is 24.7 Å². The van der Waals surface area contributed by atoms with E-state index in [1.807, 2.05) is 6.92 Å². The molecule has 2 rings (SSSR count). The maximum atomic E-state index is 5.14. The first-order valence-corrected chi connectivity index (χ1v) is 4.90. The fourth-order valence-corrected chi connectivity index (χ4v) is 1.69. The predicted octanol–water partition coefficient (Wildman–Crippen LogP) is 1.58. The first-order chi connectivity index (χ1) is 6.36. The smallest absolute Gasteiger partial charge is 0.243 e. The van der Waals surface area contributed by atoms with Crippen LogP contribution in [-0.2, 0) is 0 Å². The summed E-state index contributed by atoms with van der Waals surface area (Å²) in [7, 11) is 0. The van der Waals surface area contributed by atoms with Gasteiger partial charge in [0.25, 0.3) is 0 Å². The van der Waals surface area contributed by atoms with E-state index in [9.17, 15) is 0 Å². The number of nitrogens with zero attached hydrogens (tertiary/aromatic N) is 2. The Bertz CT molecular complexity index is 264. The minimum atomic E-state index is 0.281. The lowest BCUT2D eigenvalue weighted by molar-refractivity contribution is 0.325. The fourth-order valence-electron chi connectivity index (χ4n) is 1.69. The van der Waals surface area contributed by atoms with Gasteiger partial charge in [-0.1, -0.05) is 18.0 Å². The number of nitrogens with one attached hydrogen (secondary N) is 1. The topological polar surface area (TPSA) is 51.0 Å². The van der Waals surface area contributed by atoms with Gasteiger partial charge in [-0.25, -0.2) is 0 Å². The fraction of sp³-hybridized carbons (Fsp3) is 0.778. The van der Waals surface area contributed by atoms with Crippen molar-refractivity contribution in [3.63, 3.8) is 0 Å². The minimum absolute atomic E-state index is 0.281. The number of rotatable bonds is 1. The number of hydrogen-bond donors (Lipinski definition) is 1. The highest BCUT2D eigenvalue weighted by molar-refractivity contribution is 4.92. The standard InChI is InChI=1S/C9H15N3O/c1-7-11-9(13-12-7)8-5-3-2-4-6-10-8/h8,10H,2-6H2,1H3. The highest BCUT2D eigenvalue weighted by Gasteiger charge is 2.18. The molecule has 0 spiro atoms. The van der Waals surface area contributed by atoms with Crippen LogP contribution in [0.2, 0.25) is 0 Å². The lowest BCUT2D eigenvalue weighted by Gasteiger charge is -2.09. The molecule has 1 atom stereocenters. The van der Waals surface area contributed by atoms with Crippen LogP contribution in [0.25, 0.3) is 0 Å². The Kier molecular flexibility index (Phi) is 2.59. The summed E-state index contributed by atoms with van der Waals surface area (Å²) in [6.07, 6.45) is 4.92. The lowest BCUT2D eigenvalue weighted by atomic mass is 10.1. The number of hydrogen-bond acceptors (Lipinski definition) is 4. The van der Waals surface area contributed by atoms with Gasteiger partial charge in [0.2, 0.25) is 5.89 Å². The molecule has 2 heterocycles. The SMILES string of the molecule is Cc1noc(C2CCCCCN2)n1. The van der Waals surface area contributed by atoms with Gasteiger partial charge in [-0.05, 0) is 26.3 Å². The average Bonchev–Trinajstić information content (AvgIpc) is 2.43. The second-order valence-electron chi connectivity index (χ2n) is 3.54. The van der Waals surface area contributed by atoms with E-state index in [4.69, 9.17) is 4.52 Å². The molecule has 0 bridgehead atoms. The second-order valence-corrected chi connectivity index (χ2v) is 3.54. The molecule has 1 saturated heterocycles. The van der Waals surface area contributed by atoms with E-state index in [0.29, 0.717) is 0 Å². The van der Waals surface area contributed by atoms with Crippen molar-refractivity contribution < 1.29 is 4.52 Å². The van der Waals surface area contributed by atoms with E-state index in [1.165, 1.54) is 19.3 Å². The summed E-state index contributed by atoms with van der Waals surface area (Å²) < 4.78 is 5.14. The lowest BCUT2D eigenvalue weighted by Crippen LogP contribution is -2.20. The van der Waals surface area contributed by atoms with Crippen LogP contribution in [0.4, 0.5) is 0 Å². The van der Waals surface area contributed by atoms with Gasteiger partial charge in [0, 0.05) is 0 Å². The van der Waals surface area contributed by atoms with Gasteiger partial charge in [-0.3, -0.25) is 0 Å². The molecule has 1 fully saturated rings. The number of aryl methyl sites for hydroxylation is 1. The first-order valence-electron chi connectivity index (χ1n) is 4.90. The Hall–Kier alpha value is -0.900. The summed E-state index contributed by atoms with van der Waals surface area (Å²) in [5, 5.41) is 7.21. The Morgan fingerprint density at radius 2 is 2.31 bits per heavy atom. The monoisotopic (exact) mass is 181 g/mol. The van der Waals surface area contributed by atoms with Gasteiger partial charge in [0.15, 0.2) is 5.82 Å². The van der Waals surface area contributed by atoms with Crippen LogP contribution >= 0.6 is 0 Å². The highest BCUT2D eigenvalue weighted by Crippen LogP contribution is 2.20. The molecule has 1 unspecified atom stereocenters. The normalized spacial score (nSPS) is 24.2. The zero-order valence-electron chi connectivity index (χ0n) is 7.92. The van der Waals surface area contributed by atoms with Crippen LogP contribution in [0, 0.1) is 6.92 Å². The molecular formula is C9H15N3O. The van der Waals surface area contributed by atoms with Crippen LogP contribution in [0.5, 0.6) is 0 Å². The Morgan fingerprint density at radius 1 is 1.38 bits per heavy atom. The van der Waals surface area contributed by atoms with E-state index >= 15 is 0 Å². The van der Waals surface area contributed by atoms with E-state index < -0.39 is 0 Å². The molecule has 0 aromatic carbocycles. The molecule has 1 aromatic heterocycles. The van der Waals surface area contributed by atoms with Crippen molar-refractivity contribution in [1.29, 1.82) is 0 Å². The Balaban J connectivity index is 2.06. The van der Waals surface area contributed by atoms with Crippen LogP contribution in [0.15, 0.2) is 4.52 Å². The maximum Gasteiger partial charge on any atom is 0.243 e. The molecule has 0 amide bonds. The zero-order chi connectivity index (χ0) is 9.10. The number of aromatic nitrogens is 2. The van der Waals surface area contributed by atoms with Crippen LogP contribution < -0.4 is 5.32 Å². The van der Waals surface area contributed by atoms with E-state index in [-0.39, 0.29) is 6.04 Å². The summed E-state index contributed by atoms with van der Waals surface area (Å²) in [4.78, 5) is 4.24. The molecule has 1 N–H and O–H groups in total. The molecular weight excluding hydrogens is 166 g/mol. The highest BCUT2D eigenvalue weighted by atomic mass is 16.5. The molecule has 0 saturated carbocycles. The maximum absolute atomic E-state index is 5.14. The van der Waals surface area contributed by atoms with Gasteiger partial charge in [0.1, 0.15) is 0 Å². The van der Waals surface area contributed by atoms with Gasteiger partial charge in [-0.15, -0.1) is 0 Å². The van der Waals surface area contributed by atoms with Crippen LogP contribution in [-0.4, -0.2) is 16.7 Å². The zero-order valence-corrected chi connectivity index (χ0v) is 7.92. The third-order valence-electron chi connectivity index (χ3n) is 2.40. The molecule has 1 aliphatic heterocycles. The minimum Gasteiger partial charge on any atom is -0.338 e. The molecule has 0 aliphatic carbocycles. The van der Waals surface area contributed by atoms with Crippen molar-refractivity contribution in [3.05, 3.63) is 11.7 Å². The summed E-state index contributed by atoms with van der Waals surface area (Å²) in [6, 6.07) is 0.281. The second kappa shape index (κ2) is 3.87.